The summed E-state index contributed by atoms with van der Waals surface area (Å²) in [7, 11) is 2.32. The van der Waals surface area contributed by atoms with Gasteiger partial charge in [-0.1, -0.05) is 0 Å². The first-order valence-corrected chi connectivity index (χ1v) is 5.84. The second-order valence-corrected chi connectivity index (χ2v) is 4.76. The van der Waals surface area contributed by atoms with Gasteiger partial charge in [0, 0.05) is 12.8 Å². The molecule has 3 heteroatoms. The van der Waals surface area contributed by atoms with Crippen molar-refractivity contribution in [2.45, 2.75) is 18.9 Å². The van der Waals surface area contributed by atoms with Gasteiger partial charge in [-0.2, -0.15) is 0 Å². The lowest BCUT2D eigenvalue weighted by atomic mass is 10.0. The summed E-state index contributed by atoms with van der Waals surface area (Å²) < 4.78 is 0. The summed E-state index contributed by atoms with van der Waals surface area (Å²) in [6, 6.07) is 0.998. The molecule has 2 aliphatic rings. The molecule has 0 aromatic rings. The number of nitrogens with one attached hydrogen (secondary N) is 2. The van der Waals surface area contributed by atoms with Gasteiger partial charge in [0.05, 0.1) is 26.2 Å². The van der Waals surface area contributed by atoms with E-state index in [1.165, 1.54) is 52.1 Å². The quantitative estimate of drug-likeness (QED) is 0.374. The normalized spacial score (nSPS) is 37.6. The lowest BCUT2D eigenvalue weighted by Crippen LogP contribution is -3.29. The second kappa shape index (κ2) is 4.40. The topological polar surface area (TPSA) is 25.5 Å². The fourth-order valence-corrected chi connectivity index (χ4v) is 2.74. The van der Waals surface area contributed by atoms with Crippen molar-refractivity contribution in [1.29, 1.82) is 0 Å². The Labute approximate surface area is 81.1 Å². The third kappa shape index (κ3) is 2.42. The summed E-state index contributed by atoms with van der Waals surface area (Å²) in [5, 5.41) is 2.47. The Kier molecular flexibility index (Phi) is 3.19. The summed E-state index contributed by atoms with van der Waals surface area (Å²) in [6.45, 7) is 8.34. The number of piperazine rings is 1. The van der Waals surface area contributed by atoms with Gasteiger partial charge in [0.2, 0.25) is 0 Å². The van der Waals surface area contributed by atoms with Crippen LogP contribution in [0.1, 0.15) is 12.8 Å². The van der Waals surface area contributed by atoms with Gasteiger partial charge >= 0.3 is 0 Å². The number of piperidine rings is 1. The lowest BCUT2D eigenvalue weighted by Gasteiger charge is -2.34. The van der Waals surface area contributed by atoms with Crippen LogP contribution in [0.25, 0.3) is 0 Å². The van der Waals surface area contributed by atoms with Gasteiger partial charge in [-0.05, 0) is 0 Å². The van der Waals surface area contributed by atoms with E-state index in [1.807, 2.05) is 4.90 Å². The van der Waals surface area contributed by atoms with Crippen molar-refractivity contribution >= 4 is 0 Å². The maximum Gasteiger partial charge on any atom is 0.127 e. The number of rotatable bonds is 1. The standard InChI is InChI=1S/C10H21N3/c1-12-6-8-13(9-7-12)10-2-4-11-5-3-10/h10-11H,2-9H2,1H3/p+3. The molecular formula is C10H24N3+3. The van der Waals surface area contributed by atoms with Crippen LogP contribution in [0.4, 0.5) is 0 Å². The minimum absolute atomic E-state index is 0.998. The smallest absolute Gasteiger partial charge is 0.127 e. The van der Waals surface area contributed by atoms with E-state index >= 15 is 0 Å². The lowest BCUT2D eigenvalue weighted by molar-refractivity contribution is -1.02. The highest BCUT2D eigenvalue weighted by atomic mass is 15.3. The van der Waals surface area contributed by atoms with Crippen molar-refractivity contribution in [3.63, 3.8) is 0 Å². The van der Waals surface area contributed by atoms with Gasteiger partial charge in [-0.25, -0.2) is 0 Å². The van der Waals surface area contributed by atoms with Crippen LogP contribution in [0.5, 0.6) is 0 Å². The zero-order valence-electron chi connectivity index (χ0n) is 8.81. The average Bonchev–Trinajstić information content (AvgIpc) is 2.20. The SMILES string of the molecule is C[NH+]1CC[NH+](C2CC[NH2+]CC2)CC1. The Morgan fingerprint density at radius 1 is 1.00 bits per heavy atom. The summed E-state index contributed by atoms with van der Waals surface area (Å²) in [5.74, 6) is 0. The van der Waals surface area contributed by atoms with Crippen molar-refractivity contribution in [3.05, 3.63) is 0 Å². The zero-order chi connectivity index (χ0) is 9.10. The number of quaternary nitrogens is 3. The maximum atomic E-state index is 2.47. The summed E-state index contributed by atoms with van der Waals surface area (Å²) in [4.78, 5) is 3.63. The van der Waals surface area contributed by atoms with Crippen LogP contribution >= 0.6 is 0 Å². The predicted molar refractivity (Wildman–Crippen MR) is 52.0 cm³/mol. The molecule has 76 valence electrons. The third-order valence-corrected chi connectivity index (χ3v) is 3.76. The van der Waals surface area contributed by atoms with E-state index in [2.05, 4.69) is 12.4 Å². The largest absolute Gasteiger partial charge is 0.346 e. The van der Waals surface area contributed by atoms with Crippen LogP contribution in [0.2, 0.25) is 0 Å². The van der Waals surface area contributed by atoms with Crippen LogP contribution in [0, 0.1) is 0 Å². The molecule has 0 spiro atoms. The fourth-order valence-electron chi connectivity index (χ4n) is 2.74. The van der Waals surface area contributed by atoms with E-state index in [0.29, 0.717) is 0 Å². The molecule has 2 aliphatic heterocycles. The van der Waals surface area contributed by atoms with E-state index < -0.39 is 0 Å². The van der Waals surface area contributed by atoms with Crippen molar-refractivity contribution in [2.75, 3.05) is 46.3 Å². The maximum absolute atomic E-state index is 2.47. The molecule has 0 radical (unpaired) electrons. The molecule has 0 atom stereocenters. The van der Waals surface area contributed by atoms with E-state index in [1.54, 1.807) is 4.90 Å². The van der Waals surface area contributed by atoms with E-state index in [-0.39, 0.29) is 0 Å². The highest BCUT2D eigenvalue weighted by molar-refractivity contribution is 4.58. The molecule has 0 aliphatic carbocycles. The molecule has 3 nitrogen and oxygen atoms in total. The van der Waals surface area contributed by atoms with E-state index in [9.17, 15) is 0 Å². The Hall–Kier alpha value is -0.120. The molecule has 2 fully saturated rings. The number of hydrogen-bond donors (Lipinski definition) is 3. The number of hydrogen-bond acceptors (Lipinski definition) is 0. The molecule has 0 amide bonds. The first-order chi connectivity index (χ1) is 6.36. The minimum atomic E-state index is 0.998. The number of nitrogens with two attached hydrogens (primary N) is 1. The minimum Gasteiger partial charge on any atom is -0.346 e. The third-order valence-electron chi connectivity index (χ3n) is 3.76. The highest BCUT2D eigenvalue weighted by Crippen LogP contribution is 1.93. The van der Waals surface area contributed by atoms with Crippen LogP contribution < -0.4 is 15.1 Å². The van der Waals surface area contributed by atoms with Crippen LogP contribution in [0.15, 0.2) is 0 Å². The second-order valence-electron chi connectivity index (χ2n) is 4.76. The molecule has 0 saturated carbocycles. The Morgan fingerprint density at radius 3 is 2.23 bits per heavy atom. The van der Waals surface area contributed by atoms with Gasteiger partial charge in [-0.3, -0.25) is 0 Å². The van der Waals surface area contributed by atoms with Crippen molar-refractivity contribution in [3.8, 4) is 0 Å². The van der Waals surface area contributed by atoms with Crippen molar-refractivity contribution in [1.82, 2.24) is 0 Å². The Balaban J connectivity index is 1.79. The molecule has 0 aromatic carbocycles. The number of likely N-dealkylation sites (N-methyl/N-ethyl adjacent to an activating group) is 1. The summed E-state index contributed by atoms with van der Waals surface area (Å²) in [5.41, 5.74) is 0. The zero-order valence-corrected chi connectivity index (χ0v) is 8.81. The van der Waals surface area contributed by atoms with Gasteiger partial charge in [0.15, 0.2) is 0 Å². The van der Waals surface area contributed by atoms with Crippen LogP contribution in [-0.4, -0.2) is 52.4 Å². The van der Waals surface area contributed by atoms with E-state index in [0.717, 1.165) is 6.04 Å². The molecule has 2 heterocycles. The first kappa shape index (κ1) is 9.44. The molecule has 13 heavy (non-hydrogen) atoms. The molecular weight excluding hydrogens is 162 g/mol. The van der Waals surface area contributed by atoms with Crippen molar-refractivity contribution in [2.24, 2.45) is 0 Å². The average molecular weight is 186 g/mol. The van der Waals surface area contributed by atoms with Crippen LogP contribution in [-0.2, 0) is 0 Å². The predicted octanol–water partition coefficient (Wildman–Crippen LogP) is -3.87. The van der Waals surface area contributed by atoms with Gasteiger partial charge in [0.1, 0.15) is 26.2 Å². The summed E-state index contributed by atoms with van der Waals surface area (Å²) >= 11 is 0. The monoisotopic (exact) mass is 186 g/mol. The molecule has 4 N–H and O–H groups in total. The molecule has 2 saturated heterocycles. The molecule has 0 aromatic heterocycles. The van der Waals surface area contributed by atoms with Gasteiger partial charge < -0.3 is 15.1 Å². The van der Waals surface area contributed by atoms with Gasteiger partial charge in [-0.15, -0.1) is 0 Å². The molecule has 2 rings (SSSR count). The molecule has 0 unspecified atom stereocenters. The Morgan fingerprint density at radius 2 is 1.62 bits per heavy atom. The van der Waals surface area contributed by atoms with E-state index in [4.69, 9.17) is 0 Å². The molecule has 0 bridgehead atoms. The van der Waals surface area contributed by atoms with Crippen molar-refractivity contribution < 1.29 is 15.1 Å². The summed E-state index contributed by atoms with van der Waals surface area (Å²) in [6.07, 6.45) is 2.91. The highest BCUT2D eigenvalue weighted by Gasteiger charge is 2.29. The van der Waals surface area contributed by atoms with Gasteiger partial charge in [0.25, 0.3) is 0 Å². The Bertz CT molecular complexity index is 146. The van der Waals surface area contributed by atoms with Crippen LogP contribution in [0.3, 0.4) is 0 Å². The fraction of sp³-hybridized carbons (Fsp3) is 1.00. The first-order valence-electron chi connectivity index (χ1n) is 5.84.